The minimum absolute atomic E-state index is 0.0199. The van der Waals surface area contributed by atoms with Crippen molar-refractivity contribution in [2.45, 2.75) is 25.9 Å². The van der Waals surface area contributed by atoms with Crippen molar-refractivity contribution in [3.05, 3.63) is 54.1 Å². The summed E-state index contributed by atoms with van der Waals surface area (Å²) in [5.41, 5.74) is 1.14. The van der Waals surface area contributed by atoms with Gasteiger partial charge in [-0.2, -0.15) is 0 Å². The van der Waals surface area contributed by atoms with Gasteiger partial charge >= 0.3 is 5.97 Å². The molecule has 152 valence electrons. The van der Waals surface area contributed by atoms with E-state index >= 15 is 0 Å². The number of nitrogens with zero attached hydrogens (tertiary/aromatic N) is 1. The lowest BCUT2D eigenvalue weighted by atomic mass is 10.1. The molecule has 1 aliphatic rings. The Morgan fingerprint density at radius 2 is 1.69 bits per heavy atom. The molecule has 1 unspecified atom stereocenters. The number of anilines is 1. The van der Waals surface area contributed by atoms with Gasteiger partial charge in [-0.25, -0.2) is 0 Å². The minimum atomic E-state index is -0.947. The fraction of sp³-hybridized carbons (Fsp3) is 0.318. The highest BCUT2D eigenvalue weighted by Gasteiger charge is 2.23. The maximum atomic E-state index is 12.4. The summed E-state index contributed by atoms with van der Waals surface area (Å²) in [5.74, 6) is -0.0323. The molecular weight excluding hydrogens is 374 g/mol. The van der Waals surface area contributed by atoms with Gasteiger partial charge in [-0.05, 0) is 37.3 Å². The Labute approximate surface area is 169 Å². The van der Waals surface area contributed by atoms with Gasteiger partial charge in [0, 0.05) is 24.7 Å². The molecule has 1 heterocycles. The number of para-hydroxylation sites is 1. The Morgan fingerprint density at radius 3 is 2.41 bits per heavy atom. The van der Waals surface area contributed by atoms with Gasteiger partial charge in [-0.3, -0.25) is 14.4 Å². The van der Waals surface area contributed by atoms with Crippen molar-refractivity contribution in [3.63, 3.8) is 0 Å². The number of ether oxygens (including phenoxy) is 3. The molecule has 3 rings (SSSR count). The van der Waals surface area contributed by atoms with Crippen LogP contribution in [0.15, 0.2) is 48.5 Å². The highest BCUT2D eigenvalue weighted by molar-refractivity contribution is 5.99. The highest BCUT2D eigenvalue weighted by Crippen LogP contribution is 2.31. The second-order valence-corrected chi connectivity index (χ2v) is 6.65. The van der Waals surface area contributed by atoms with E-state index in [-0.39, 0.29) is 24.5 Å². The minimum Gasteiger partial charge on any atom is -0.486 e. The average Bonchev–Trinajstić information content (AvgIpc) is 2.76. The second kappa shape index (κ2) is 9.23. The molecule has 2 aromatic carbocycles. The summed E-state index contributed by atoms with van der Waals surface area (Å²) in [6, 6.07) is 14.0. The summed E-state index contributed by atoms with van der Waals surface area (Å²) in [6.45, 7) is 2.42. The first-order chi connectivity index (χ1) is 14.0. The lowest BCUT2D eigenvalue weighted by Gasteiger charge is -2.21. The van der Waals surface area contributed by atoms with E-state index in [1.165, 1.54) is 11.8 Å². The van der Waals surface area contributed by atoms with Gasteiger partial charge in [0.15, 0.2) is 23.4 Å². The molecule has 7 nitrogen and oxygen atoms in total. The number of esters is 1. The number of fused-ring (bicyclic) bond motifs is 1. The number of Topliss-reactive ketones (excluding diaryl/α,β-unsaturated/α-hetero) is 1. The third-order valence-corrected chi connectivity index (χ3v) is 4.55. The fourth-order valence-electron chi connectivity index (χ4n) is 2.93. The first-order valence-electron chi connectivity index (χ1n) is 9.40. The zero-order valence-corrected chi connectivity index (χ0v) is 16.4. The number of ketones is 1. The van der Waals surface area contributed by atoms with Gasteiger partial charge < -0.3 is 19.1 Å². The summed E-state index contributed by atoms with van der Waals surface area (Å²) in [6.07, 6.45) is -1.08. The number of benzene rings is 2. The zero-order valence-electron chi connectivity index (χ0n) is 16.4. The number of amides is 1. The lowest BCUT2D eigenvalue weighted by molar-refractivity contribution is -0.153. The third kappa shape index (κ3) is 5.13. The summed E-state index contributed by atoms with van der Waals surface area (Å²) >= 11 is 0. The number of rotatable bonds is 7. The molecule has 0 fully saturated rings. The van der Waals surface area contributed by atoms with Crippen LogP contribution in [0.3, 0.4) is 0 Å². The van der Waals surface area contributed by atoms with E-state index in [4.69, 9.17) is 14.2 Å². The van der Waals surface area contributed by atoms with Crippen LogP contribution in [0.4, 0.5) is 5.69 Å². The van der Waals surface area contributed by atoms with Gasteiger partial charge in [-0.15, -0.1) is 0 Å². The molecule has 0 radical (unpaired) electrons. The molecule has 2 aromatic rings. The standard InChI is InChI=1S/C22H23NO6/c1-15(22(26)23(2)17-6-4-3-5-7-17)29-21(25)11-9-18(24)16-8-10-19-20(14-16)28-13-12-27-19/h3-8,10,14-15H,9,11-13H2,1-2H3. The summed E-state index contributed by atoms with van der Waals surface area (Å²) in [4.78, 5) is 38.3. The maximum Gasteiger partial charge on any atom is 0.307 e. The third-order valence-electron chi connectivity index (χ3n) is 4.55. The van der Waals surface area contributed by atoms with Crippen LogP contribution >= 0.6 is 0 Å². The maximum absolute atomic E-state index is 12.4. The van der Waals surface area contributed by atoms with Crippen molar-refractivity contribution in [2.75, 3.05) is 25.2 Å². The topological polar surface area (TPSA) is 82.1 Å². The first-order valence-corrected chi connectivity index (χ1v) is 9.40. The van der Waals surface area contributed by atoms with Gasteiger partial charge in [0.2, 0.25) is 0 Å². The molecule has 0 saturated carbocycles. The van der Waals surface area contributed by atoms with Crippen LogP contribution in [0.1, 0.15) is 30.1 Å². The summed E-state index contributed by atoms with van der Waals surface area (Å²) in [5, 5.41) is 0. The van der Waals surface area contributed by atoms with E-state index in [1.807, 2.05) is 18.2 Å². The molecule has 0 aromatic heterocycles. The smallest absolute Gasteiger partial charge is 0.307 e. The number of carbonyl (C=O) groups excluding carboxylic acids is 3. The number of hydrogen-bond acceptors (Lipinski definition) is 6. The van der Waals surface area contributed by atoms with E-state index in [1.54, 1.807) is 37.4 Å². The number of hydrogen-bond donors (Lipinski definition) is 0. The van der Waals surface area contributed by atoms with E-state index < -0.39 is 12.1 Å². The van der Waals surface area contributed by atoms with Gasteiger partial charge in [-0.1, -0.05) is 18.2 Å². The average molecular weight is 397 g/mol. The molecule has 0 spiro atoms. The summed E-state index contributed by atoms with van der Waals surface area (Å²) < 4.78 is 16.1. The van der Waals surface area contributed by atoms with Crippen LogP contribution in [0.25, 0.3) is 0 Å². The van der Waals surface area contributed by atoms with Crippen LogP contribution in [-0.2, 0) is 14.3 Å². The SMILES string of the molecule is CC(OC(=O)CCC(=O)c1ccc2c(c1)OCCO2)C(=O)N(C)c1ccccc1. The molecule has 0 saturated heterocycles. The van der Waals surface area contributed by atoms with Gasteiger partial charge in [0.1, 0.15) is 13.2 Å². The van der Waals surface area contributed by atoms with Crippen molar-refractivity contribution < 1.29 is 28.6 Å². The van der Waals surface area contributed by atoms with E-state index in [0.717, 1.165) is 0 Å². The first kappa shape index (κ1) is 20.4. The van der Waals surface area contributed by atoms with Gasteiger partial charge in [0.05, 0.1) is 6.42 Å². The van der Waals surface area contributed by atoms with Crippen LogP contribution in [0, 0.1) is 0 Å². The Morgan fingerprint density at radius 1 is 1.00 bits per heavy atom. The van der Waals surface area contributed by atoms with Crippen LogP contribution < -0.4 is 14.4 Å². The Balaban J connectivity index is 1.50. The van der Waals surface area contributed by atoms with Crippen molar-refractivity contribution in [2.24, 2.45) is 0 Å². The van der Waals surface area contributed by atoms with E-state index in [0.29, 0.717) is 36.0 Å². The zero-order chi connectivity index (χ0) is 20.8. The molecule has 0 N–H and O–H groups in total. The monoisotopic (exact) mass is 397 g/mol. The molecule has 7 heteroatoms. The number of likely N-dealkylation sites (N-methyl/N-ethyl adjacent to an activating group) is 1. The molecule has 1 amide bonds. The highest BCUT2D eigenvalue weighted by atomic mass is 16.6. The molecule has 0 aliphatic carbocycles. The predicted molar refractivity (Wildman–Crippen MR) is 106 cm³/mol. The van der Waals surface area contributed by atoms with Crippen molar-refractivity contribution >= 4 is 23.3 Å². The van der Waals surface area contributed by atoms with Crippen molar-refractivity contribution in [1.29, 1.82) is 0 Å². The van der Waals surface area contributed by atoms with Crippen LogP contribution in [0.2, 0.25) is 0 Å². The van der Waals surface area contributed by atoms with Crippen LogP contribution in [0.5, 0.6) is 11.5 Å². The summed E-state index contributed by atoms with van der Waals surface area (Å²) in [7, 11) is 1.62. The number of carbonyl (C=O) groups is 3. The quantitative estimate of drug-likeness (QED) is 0.528. The van der Waals surface area contributed by atoms with E-state index in [2.05, 4.69) is 0 Å². The molecule has 29 heavy (non-hydrogen) atoms. The lowest BCUT2D eigenvalue weighted by Crippen LogP contribution is -2.37. The Hall–Kier alpha value is -3.35. The van der Waals surface area contributed by atoms with Crippen LogP contribution in [-0.4, -0.2) is 44.0 Å². The Kier molecular flexibility index (Phi) is 6.49. The molecule has 1 atom stereocenters. The second-order valence-electron chi connectivity index (χ2n) is 6.65. The van der Waals surface area contributed by atoms with Gasteiger partial charge in [0.25, 0.3) is 5.91 Å². The predicted octanol–water partition coefficient (Wildman–Crippen LogP) is 3.02. The van der Waals surface area contributed by atoms with E-state index in [9.17, 15) is 14.4 Å². The molecule has 1 aliphatic heterocycles. The molecule has 0 bridgehead atoms. The normalized spacial score (nSPS) is 13.3. The fourth-order valence-corrected chi connectivity index (χ4v) is 2.93. The Bertz CT molecular complexity index is 895. The van der Waals surface area contributed by atoms with Crippen molar-refractivity contribution in [3.8, 4) is 11.5 Å². The molecular formula is C22H23NO6. The van der Waals surface area contributed by atoms with Crippen molar-refractivity contribution in [1.82, 2.24) is 0 Å². The largest absolute Gasteiger partial charge is 0.486 e.